The summed E-state index contributed by atoms with van der Waals surface area (Å²) in [6.07, 6.45) is 2.17. The number of fused-ring (bicyclic) bond motifs is 1. The van der Waals surface area contributed by atoms with Crippen LogP contribution in [0.25, 0.3) is 5.57 Å². The van der Waals surface area contributed by atoms with Crippen molar-refractivity contribution in [1.29, 1.82) is 0 Å². The maximum Gasteiger partial charge on any atom is 0.128 e. The largest absolute Gasteiger partial charge is 0.483 e. The van der Waals surface area contributed by atoms with Crippen LogP contribution >= 0.6 is 0 Å². The highest BCUT2D eigenvalue weighted by atomic mass is 16.5. The zero-order valence-corrected chi connectivity index (χ0v) is 11.1. The summed E-state index contributed by atoms with van der Waals surface area (Å²) in [6.45, 7) is 9.12. The number of benzene rings is 1. The van der Waals surface area contributed by atoms with E-state index in [1.54, 1.807) is 0 Å². The first-order valence-electron chi connectivity index (χ1n) is 6.16. The van der Waals surface area contributed by atoms with Crippen molar-refractivity contribution in [3.63, 3.8) is 0 Å². The third-order valence-electron chi connectivity index (χ3n) is 3.29. The molecule has 0 bridgehead atoms. The molecule has 1 aromatic rings. The standard InChI is InChI=1S/C15H21NO/c1-10-8-15(3,4)17-14-6-5-12(7-13(10)14)11(2)9-16/h5-8,11H,9,16H2,1-4H3. The monoisotopic (exact) mass is 231 g/mol. The SMILES string of the molecule is CC1=CC(C)(C)Oc2ccc(C(C)CN)cc21. The average Bonchev–Trinajstić information content (AvgIpc) is 2.26. The van der Waals surface area contributed by atoms with Crippen molar-refractivity contribution in [2.45, 2.75) is 39.2 Å². The van der Waals surface area contributed by atoms with Crippen LogP contribution in [-0.2, 0) is 0 Å². The molecule has 1 aliphatic rings. The third-order valence-corrected chi connectivity index (χ3v) is 3.29. The molecular formula is C15H21NO. The normalized spacial score (nSPS) is 19.0. The quantitative estimate of drug-likeness (QED) is 0.847. The maximum absolute atomic E-state index is 5.95. The van der Waals surface area contributed by atoms with Gasteiger partial charge in [0, 0.05) is 5.56 Å². The van der Waals surface area contributed by atoms with Gasteiger partial charge in [-0.25, -0.2) is 0 Å². The summed E-state index contributed by atoms with van der Waals surface area (Å²) < 4.78 is 5.95. The van der Waals surface area contributed by atoms with E-state index in [0.717, 1.165) is 5.75 Å². The lowest BCUT2D eigenvalue weighted by atomic mass is 9.92. The van der Waals surface area contributed by atoms with Crippen molar-refractivity contribution in [3.8, 4) is 5.75 Å². The molecule has 1 unspecified atom stereocenters. The van der Waals surface area contributed by atoms with Gasteiger partial charge in [-0.05, 0) is 62.6 Å². The van der Waals surface area contributed by atoms with Crippen LogP contribution in [-0.4, -0.2) is 12.1 Å². The Kier molecular flexibility index (Phi) is 3.00. The Labute approximate surface area is 103 Å². The zero-order valence-electron chi connectivity index (χ0n) is 11.1. The molecule has 0 radical (unpaired) electrons. The van der Waals surface area contributed by atoms with Gasteiger partial charge in [0.25, 0.3) is 0 Å². The van der Waals surface area contributed by atoms with Crippen molar-refractivity contribution in [2.75, 3.05) is 6.54 Å². The summed E-state index contributed by atoms with van der Waals surface area (Å²) in [5.74, 6) is 1.37. The summed E-state index contributed by atoms with van der Waals surface area (Å²) in [4.78, 5) is 0. The van der Waals surface area contributed by atoms with Gasteiger partial charge in [0.05, 0.1) is 0 Å². The van der Waals surface area contributed by atoms with Crippen LogP contribution in [0, 0.1) is 0 Å². The van der Waals surface area contributed by atoms with Gasteiger partial charge in [-0.1, -0.05) is 13.0 Å². The van der Waals surface area contributed by atoms with E-state index in [2.05, 4.69) is 52.0 Å². The minimum Gasteiger partial charge on any atom is -0.483 e. The molecule has 0 amide bonds. The lowest BCUT2D eigenvalue weighted by molar-refractivity contribution is 0.158. The van der Waals surface area contributed by atoms with E-state index >= 15 is 0 Å². The van der Waals surface area contributed by atoms with Crippen LogP contribution in [0.2, 0.25) is 0 Å². The summed E-state index contributed by atoms with van der Waals surface area (Å²) in [6, 6.07) is 6.38. The fraction of sp³-hybridized carbons (Fsp3) is 0.467. The number of hydrogen-bond donors (Lipinski definition) is 1. The van der Waals surface area contributed by atoms with Crippen LogP contribution in [0.4, 0.5) is 0 Å². The van der Waals surface area contributed by atoms with Gasteiger partial charge >= 0.3 is 0 Å². The molecule has 2 rings (SSSR count). The van der Waals surface area contributed by atoms with Crippen molar-refractivity contribution >= 4 is 5.57 Å². The van der Waals surface area contributed by atoms with E-state index in [-0.39, 0.29) is 5.60 Å². The molecular weight excluding hydrogens is 210 g/mol. The Balaban J connectivity index is 2.44. The van der Waals surface area contributed by atoms with Gasteiger partial charge in [0.1, 0.15) is 11.4 Å². The summed E-state index contributed by atoms with van der Waals surface area (Å²) >= 11 is 0. The van der Waals surface area contributed by atoms with Gasteiger partial charge in [-0.15, -0.1) is 0 Å². The third kappa shape index (κ3) is 2.37. The average molecular weight is 231 g/mol. The van der Waals surface area contributed by atoms with Crippen molar-refractivity contribution in [2.24, 2.45) is 5.73 Å². The maximum atomic E-state index is 5.95. The van der Waals surface area contributed by atoms with Crippen LogP contribution < -0.4 is 10.5 Å². The molecule has 0 saturated heterocycles. The van der Waals surface area contributed by atoms with Crippen molar-refractivity contribution in [1.82, 2.24) is 0 Å². The van der Waals surface area contributed by atoms with Gasteiger partial charge in [0.2, 0.25) is 0 Å². The Morgan fingerprint density at radius 2 is 2.06 bits per heavy atom. The minimum absolute atomic E-state index is 0.210. The van der Waals surface area contributed by atoms with E-state index in [0.29, 0.717) is 12.5 Å². The number of rotatable bonds is 2. The zero-order chi connectivity index (χ0) is 12.6. The smallest absolute Gasteiger partial charge is 0.128 e. The van der Waals surface area contributed by atoms with E-state index in [9.17, 15) is 0 Å². The molecule has 2 N–H and O–H groups in total. The lowest BCUT2D eigenvalue weighted by Gasteiger charge is -2.30. The summed E-state index contributed by atoms with van der Waals surface area (Å²) in [5.41, 5.74) is 9.26. The van der Waals surface area contributed by atoms with E-state index < -0.39 is 0 Å². The highest BCUT2D eigenvalue weighted by Crippen LogP contribution is 2.37. The molecule has 0 fully saturated rings. The van der Waals surface area contributed by atoms with E-state index in [1.807, 2.05) is 0 Å². The molecule has 0 aromatic heterocycles. The van der Waals surface area contributed by atoms with E-state index in [1.165, 1.54) is 16.7 Å². The Morgan fingerprint density at radius 3 is 2.71 bits per heavy atom. The Bertz CT molecular complexity index is 460. The lowest BCUT2D eigenvalue weighted by Crippen LogP contribution is -2.28. The molecule has 17 heavy (non-hydrogen) atoms. The second-order valence-electron chi connectivity index (χ2n) is 5.43. The first-order chi connectivity index (χ1) is 7.93. The number of allylic oxidation sites excluding steroid dienone is 1. The van der Waals surface area contributed by atoms with Crippen LogP contribution in [0.15, 0.2) is 24.3 Å². The van der Waals surface area contributed by atoms with Gasteiger partial charge in [0.15, 0.2) is 0 Å². The van der Waals surface area contributed by atoms with Crippen LogP contribution in [0.5, 0.6) is 5.75 Å². The molecule has 2 heteroatoms. The van der Waals surface area contributed by atoms with Crippen LogP contribution in [0.1, 0.15) is 44.7 Å². The predicted octanol–water partition coefficient (Wildman–Crippen LogP) is 3.32. The molecule has 1 heterocycles. The first-order valence-corrected chi connectivity index (χ1v) is 6.16. The topological polar surface area (TPSA) is 35.2 Å². The van der Waals surface area contributed by atoms with Crippen molar-refractivity contribution < 1.29 is 4.74 Å². The number of ether oxygens (including phenoxy) is 1. The minimum atomic E-state index is -0.210. The molecule has 1 aliphatic heterocycles. The molecule has 2 nitrogen and oxygen atoms in total. The van der Waals surface area contributed by atoms with Gasteiger partial charge in [-0.3, -0.25) is 0 Å². The molecule has 0 saturated carbocycles. The Hall–Kier alpha value is -1.28. The second kappa shape index (κ2) is 4.19. The molecule has 1 atom stereocenters. The first kappa shape index (κ1) is 12.2. The fourth-order valence-electron chi connectivity index (χ4n) is 2.30. The molecule has 1 aromatic carbocycles. The summed E-state index contributed by atoms with van der Waals surface area (Å²) in [7, 11) is 0. The highest BCUT2D eigenvalue weighted by Gasteiger charge is 2.24. The number of hydrogen-bond acceptors (Lipinski definition) is 2. The second-order valence-corrected chi connectivity index (χ2v) is 5.43. The van der Waals surface area contributed by atoms with Gasteiger partial charge in [-0.2, -0.15) is 0 Å². The van der Waals surface area contributed by atoms with Crippen molar-refractivity contribution in [3.05, 3.63) is 35.4 Å². The molecule has 0 aliphatic carbocycles. The molecule has 0 spiro atoms. The predicted molar refractivity (Wildman–Crippen MR) is 72.3 cm³/mol. The summed E-state index contributed by atoms with van der Waals surface area (Å²) in [5, 5.41) is 0. The molecule has 92 valence electrons. The fourth-order valence-corrected chi connectivity index (χ4v) is 2.30. The van der Waals surface area contributed by atoms with Crippen LogP contribution in [0.3, 0.4) is 0 Å². The Morgan fingerprint density at radius 1 is 1.35 bits per heavy atom. The highest BCUT2D eigenvalue weighted by molar-refractivity contribution is 5.72. The van der Waals surface area contributed by atoms with Gasteiger partial charge < -0.3 is 10.5 Å². The van der Waals surface area contributed by atoms with E-state index in [4.69, 9.17) is 10.5 Å². The number of nitrogens with two attached hydrogens (primary N) is 1.